The Kier molecular flexibility index (Phi) is 5.19. The second-order valence-corrected chi connectivity index (χ2v) is 8.04. The summed E-state index contributed by atoms with van der Waals surface area (Å²) in [5.74, 6) is -0.0577. The molecule has 1 amide bonds. The quantitative estimate of drug-likeness (QED) is 0.637. The molecule has 0 unspecified atom stereocenters. The van der Waals surface area contributed by atoms with Crippen LogP contribution in [0.4, 0.5) is 5.69 Å². The summed E-state index contributed by atoms with van der Waals surface area (Å²) in [6, 6.07) is 12.1. The highest BCUT2D eigenvalue weighted by atomic mass is 16.5. The normalized spacial score (nSPS) is 16.2. The van der Waals surface area contributed by atoms with Gasteiger partial charge in [0.15, 0.2) is 0 Å². The van der Waals surface area contributed by atoms with Gasteiger partial charge in [0.1, 0.15) is 5.69 Å². The molecule has 7 nitrogen and oxygen atoms in total. The summed E-state index contributed by atoms with van der Waals surface area (Å²) in [6.07, 6.45) is 2.53. The van der Waals surface area contributed by atoms with Crippen molar-refractivity contribution in [3.63, 3.8) is 0 Å². The van der Waals surface area contributed by atoms with Crippen LogP contribution in [0.3, 0.4) is 0 Å². The summed E-state index contributed by atoms with van der Waals surface area (Å²) in [7, 11) is 0. The number of amides is 1. The fourth-order valence-corrected chi connectivity index (χ4v) is 4.49. The molecule has 2 aliphatic rings. The van der Waals surface area contributed by atoms with Gasteiger partial charge in [-0.2, -0.15) is 0 Å². The number of benzene rings is 1. The molecule has 2 aromatic heterocycles. The highest BCUT2D eigenvalue weighted by Crippen LogP contribution is 2.30. The Balaban J connectivity index is 1.41. The molecule has 1 aromatic carbocycles. The molecule has 0 saturated carbocycles. The van der Waals surface area contributed by atoms with Crippen LogP contribution < -0.4 is 10.5 Å². The Labute approximate surface area is 180 Å². The molecule has 5 rings (SSSR count). The Morgan fingerprint density at radius 3 is 2.68 bits per heavy atom. The van der Waals surface area contributed by atoms with E-state index in [-0.39, 0.29) is 11.5 Å². The minimum absolute atomic E-state index is 0.0577. The van der Waals surface area contributed by atoms with Crippen LogP contribution in [0.15, 0.2) is 47.4 Å². The maximum Gasteiger partial charge on any atom is 0.274 e. The van der Waals surface area contributed by atoms with E-state index >= 15 is 0 Å². The number of hydrogen-bond donors (Lipinski definition) is 0. The standard InChI is InChI=1S/C24H26N4O3/c1-2-26-15-18-16-28(10-9-19-8-7-17-5-3-4-6-20(17)25-19)23(29)21(18)22(24(26)30)27-11-13-31-14-12-27/h3-8,15H,2,9-14,16H2,1H3. The maximum atomic E-state index is 13.3. The molecule has 0 bridgehead atoms. The smallest absolute Gasteiger partial charge is 0.274 e. The first-order valence-corrected chi connectivity index (χ1v) is 10.9. The Hall–Kier alpha value is -3.19. The van der Waals surface area contributed by atoms with Crippen molar-refractivity contribution < 1.29 is 9.53 Å². The van der Waals surface area contributed by atoms with Crippen LogP contribution in [-0.4, -0.2) is 53.2 Å². The predicted molar refractivity (Wildman–Crippen MR) is 120 cm³/mol. The molecule has 160 valence electrons. The van der Waals surface area contributed by atoms with Gasteiger partial charge in [-0.3, -0.25) is 14.6 Å². The third-order valence-corrected chi connectivity index (χ3v) is 6.16. The zero-order valence-corrected chi connectivity index (χ0v) is 17.7. The Morgan fingerprint density at radius 1 is 1.06 bits per heavy atom. The largest absolute Gasteiger partial charge is 0.378 e. The van der Waals surface area contributed by atoms with E-state index in [0.29, 0.717) is 63.6 Å². The van der Waals surface area contributed by atoms with Crippen LogP contribution in [0, 0.1) is 0 Å². The summed E-state index contributed by atoms with van der Waals surface area (Å²) in [4.78, 5) is 35.0. The molecule has 1 fully saturated rings. The van der Waals surface area contributed by atoms with Gasteiger partial charge >= 0.3 is 0 Å². The number of nitrogens with zero attached hydrogens (tertiary/aromatic N) is 4. The van der Waals surface area contributed by atoms with E-state index in [0.717, 1.165) is 22.2 Å². The molecule has 0 aliphatic carbocycles. The van der Waals surface area contributed by atoms with Crippen molar-refractivity contribution in [2.45, 2.75) is 26.4 Å². The lowest BCUT2D eigenvalue weighted by molar-refractivity contribution is 0.0779. The zero-order chi connectivity index (χ0) is 21.4. The highest BCUT2D eigenvalue weighted by Gasteiger charge is 2.34. The molecular formula is C24H26N4O3. The monoisotopic (exact) mass is 418 g/mol. The minimum Gasteiger partial charge on any atom is -0.378 e. The molecule has 4 heterocycles. The van der Waals surface area contributed by atoms with Crippen molar-refractivity contribution in [2.24, 2.45) is 0 Å². The zero-order valence-electron chi connectivity index (χ0n) is 17.7. The van der Waals surface area contributed by atoms with E-state index in [9.17, 15) is 9.59 Å². The van der Waals surface area contributed by atoms with E-state index in [1.165, 1.54) is 0 Å². The number of rotatable bonds is 5. The average Bonchev–Trinajstić information content (AvgIpc) is 3.12. The fourth-order valence-electron chi connectivity index (χ4n) is 4.49. The lowest BCUT2D eigenvalue weighted by Gasteiger charge is -2.29. The fraction of sp³-hybridized carbons (Fsp3) is 0.375. The van der Waals surface area contributed by atoms with Crippen LogP contribution in [0.2, 0.25) is 0 Å². The van der Waals surface area contributed by atoms with E-state index in [4.69, 9.17) is 9.72 Å². The second-order valence-electron chi connectivity index (χ2n) is 8.04. The molecular weight excluding hydrogens is 392 g/mol. The third-order valence-electron chi connectivity index (χ3n) is 6.16. The number of hydrogen-bond acceptors (Lipinski definition) is 5. The number of anilines is 1. The van der Waals surface area contributed by atoms with Crippen LogP contribution in [0.25, 0.3) is 10.9 Å². The van der Waals surface area contributed by atoms with Crippen molar-refractivity contribution in [3.8, 4) is 0 Å². The van der Waals surface area contributed by atoms with Crippen molar-refractivity contribution in [2.75, 3.05) is 37.7 Å². The number of carbonyl (C=O) groups excluding carboxylic acids is 1. The molecule has 2 aliphatic heterocycles. The van der Waals surface area contributed by atoms with Gasteiger partial charge in [-0.1, -0.05) is 24.3 Å². The van der Waals surface area contributed by atoms with Crippen molar-refractivity contribution >= 4 is 22.5 Å². The molecule has 3 aromatic rings. The number of aromatic nitrogens is 2. The minimum atomic E-state index is -0.0884. The van der Waals surface area contributed by atoms with Gasteiger partial charge in [0.2, 0.25) is 0 Å². The average molecular weight is 418 g/mol. The molecule has 7 heteroatoms. The number of ether oxygens (including phenoxy) is 1. The molecule has 31 heavy (non-hydrogen) atoms. The second kappa shape index (κ2) is 8.15. The number of para-hydroxylation sites is 1. The highest BCUT2D eigenvalue weighted by molar-refractivity contribution is 6.03. The lowest BCUT2D eigenvalue weighted by atomic mass is 10.1. The van der Waals surface area contributed by atoms with Crippen LogP contribution in [0.1, 0.15) is 28.5 Å². The molecule has 0 spiro atoms. The topological polar surface area (TPSA) is 67.7 Å². The van der Waals surface area contributed by atoms with E-state index in [1.807, 2.05) is 53.3 Å². The van der Waals surface area contributed by atoms with Gasteiger partial charge in [-0.15, -0.1) is 0 Å². The maximum absolute atomic E-state index is 13.3. The first-order chi connectivity index (χ1) is 15.2. The summed E-state index contributed by atoms with van der Waals surface area (Å²) in [5.41, 5.74) is 3.88. The number of carbonyl (C=O) groups is 1. The van der Waals surface area contributed by atoms with Crippen molar-refractivity contribution in [3.05, 3.63) is 69.8 Å². The molecule has 0 atom stereocenters. The summed E-state index contributed by atoms with van der Waals surface area (Å²) >= 11 is 0. The predicted octanol–water partition coefficient (Wildman–Crippen LogP) is 2.45. The third kappa shape index (κ3) is 3.59. The summed E-state index contributed by atoms with van der Waals surface area (Å²) in [6.45, 7) is 6.03. The summed E-state index contributed by atoms with van der Waals surface area (Å²) in [5, 5.41) is 1.11. The van der Waals surface area contributed by atoms with Gasteiger partial charge in [0, 0.05) is 62.0 Å². The van der Waals surface area contributed by atoms with Crippen LogP contribution in [0.5, 0.6) is 0 Å². The SMILES string of the molecule is CCn1cc2c(c(N3CCOCC3)c1=O)C(=O)N(CCc1ccc3ccccc3n1)C2. The van der Waals surface area contributed by atoms with Gasteiger partial charge in [-0.25, -0.2) is 0 Å². The Bertz CT molecular complexity index is 1200. The molecule has 1 saturated heterocycles. The van der Waals surface area contributed by atoms with Gasteiger partial charge in [0.05, 0.1) is 24.3 Å². The van der Waals surface area contributed by atoms with Crippen molar-refractivity contribution in [1.82, 2.24) is 14.5 Å². The first kappa shape index (κ1) is 19.8. The van der Waals surface area contributed by atoms with Crippen LogP contribution in [-0.2, 0) is 24.2 Å². The van der Waals surface area contributed by atoms with Gasteiger partial charge in [-0.05, 0) is 19.1 Å². The number of fused-ring (bicyclic) bond motifs is 2. The number of pyridine rings is 2. The molecule has 0 radical (unpaired) electrons. The Morgan fingerprint density at radius 2 is 1.87 bits per heavy atom. The van der Waals surface area contributed by atoms with E-state index in [1.54, 1.807) is 4.57 Å². The number of aryl methyl sites for hydroxylation is 1. The summed E-state index contributed by atoms with van der Waals surface area (Å²) < 4.78 is 7.16. The lowest BCUT2D eigenvalue weighted by Crippen LogP contribution is -2.42. The van der Waals surface area contributed by atoms with Crippen LogP contribution >= 0.6 is 0 Å². The molecule has 0 N–H and O–H groups in total. The van der Waals surface area contributed by atoms with Crippen molar-refractivity contribution in [1.29, 1.82) is 0 Å². The van der Waals surface area contributed by atoms with Gasteiger partial charge < -0.3 is 19.1 Å². The van der Waals surface area contributed by atoms with E-state index in [2.05, 4.69) is 6.07 Å². The first-order valence-electron chi connectivity index (χ1n) is 10.9. The van der Waals surface area contributed by atoms with E-state index < -0.39 is 0 Å². The number of morpholine rings is 1. The van der Waals surface area contributed by atoms with Gasteiger partial charge in [0.25, 0.3) is 11.5 Å².